The Morgan fingerprint density at radius 3 is 2.66 bits per heavy atom. The van der Waals surface area contributed by atoms with Gasteiger partial charge in [0, 0.05) is 49.7 Å². The molecule has 0 spiro atoms. The molecule has 1 aromatic heterocycles. The van der Waals surface area contributed by atoms with Gasteiger partial charge >= 0.3 is 6.03 Å². The van der Waals surface area contributed by atoms with Crippen LogP contribution in [0.15, 0.2) is 23.6 Å². The van der Waals surface area contributed by atoms with Gasteiger partial charge in [0.05, 0.1) is 12.8 Å². The average Bonchev–Trinajstić information content (AvgIpc) is 3.38. The first-order valence-electron chi connectivity index (χ1n) is 13.3. The van der Waals surface area contributed by atoms with Crippen molar-refractivity contribution in [3.05, 3.63) is 29.1 Å². The maximum atomic E-state index is 12.9. The normalized spacial score (nSPS) is 22.2. The van der Waals surface area contributed by atoms with E-state index < -0.39 is 0 Å². The molecule has 1 aromatic carbocycles. The Morgan fingerprint density at radius 1 is 1.11 bits per heavy atom. The molecule has 1 atom stereocenters. The van der Waals surface area contributed by atoms with Crippen LogP contribution < -0.4 is 15.4 Å². The number of rotatable bonds is 6. The molecule has 5 rings (SSSR count). The number of amides is 2. The van der Waals surface area contributed by atoms with E-state index in [-0.39, 0.29) is 6.03 Å². The van der Waals surface area contributed by atoms with E-state index in [1.165, 1.54) is 68.3 Å². The SMILES string of the molecule is COc1ccc(C2CCCCC2)cc1-c1csc(NC(=O)N2CCN(CC3CCCCN3)CC2)n1. The Kier molecular flexibility index (Phi) is 8.21. The van der Waals surface area contributed by atoms with Gasteiger partial charge in [-0.25, -0.2) is 9.78 Å². The molecule has 0 radical (unpaired) electrons. The van der Waals surface area contributed by atoms with E-state index in [2.05, 4.69) is 33.7 Å². The van der Waals surface area contributed by atoms with Gasteiger partial charge in [0.25, 0.3) is 0 Å². The Balaban J connectivity index is 1.18. The number of nitrogens with one attached hydrogen (secondary N) is 2. The predicted octanol–water partition coefficient (Wildman–Crippen LogP) is 5.16. The molecule has 2 amide bonds. The van der Waals surface area contributed by atoms with E-state index in [0.717, 1.165) is 56.3 Å². The summed E-state index contributed by atoms with van der Waals surface area (Å²) < 4.78 is 5.65. The van der Waals surface area contributed by atoms with Crippen LogP contribution >= 0.6 is 11.3 Å². The lowest BCUT2D eigenvalue weighted by atomic mass is 9.83. The van der Waals surface area contributed by atoms with Gasteiger partial charge in [0.15, 0.2) is 5.13 Å². The average molecular weight is 498 g/mol. The highest BCUT2D eigenvalue weighted by molar-refractivity contribution is 7.14. The van der Waals surface area contributed by atoms with Crippen LogP contribution in [0.1, 0.15) is 62.8 Å². The fourth-order valence-corrected chi connectivity index (χ4v) is 6.47. The zero-order valence-corrected chi connectivity index (χ0v) is 21.7. The summed E-state index contributed by atoms with van der Waals surface area (Å²) in [6.45, 7) is 5.61. The zero-order chi connectivity index (χ0) is 24.0. The number of urea groups is 1. The van der Waals surface area contributed by atoms with Crippen molar-refractivity contribution in [2.45, 2.75) is 63.3 Å². The van der Waals surface area contributed by atoms with Crippen molar-refractivity contribution < 1.29 is 9.53 Å². The molecule has 1 unspecified atom stereocenters. The fraction of sp³-hybridized carbons (Fsp3) is 0.630. The third-order valence-electron chi connectivity index (χ3n) is 7.84. The van der Waals surface area contributed by atoms with Crippen LogP contribution in [0.5, 0.6) is 5.75 Å². The summed E-state index contributed by atoms with van der Waals surface area (Å²) in [4.78, 5) is 22.1. The van der Waals surface area contributed by atoms with Gasteiger partial charge in [0.1, 0.15) is 5.75 Å². The maximum absolute atomic E-state index is 12.9. The van der Waals surface area contributed by atoms with Crippen LogP contribution in [0.3, 0.4) is 0 Å². The second kappa shape index (κ2) is 11.7. The predicted molar refractivity (Wildman–Crippen MR) is 143 cm³/mol. The van der Waals surface area contributed by atoms with E-state index in [0.29, 0.717) is 17.1 Å². The van der Waals surface area contributed by atoms with Gasteiger partial charge in [0.2, 0.25) is 0 Å². The van der Waals surface area contributed by atoms with Crippen molar-refractivity contribution in [3.8, 4) is 17.0 Å². The molecule has 0 bridgehead atoms. The topological polar surface area (TPSA) is 69.7 Å². The van der Waals surface area contributed by atoms with Crippen LogP contribution in [0.2, 0.25) is 0 Å². The highest BCUT2D eigenvalue weighted by atomic mass is 32.1. The van der Waals surface area contributed by atoms with Crippen LogP contribution in [-0.4, -0.2) is 73.2 Å². The van der Waals surface area contributed by atoms with Crippen molar-refractivity contribution >= 4 is 22.5 Å². The monoisotopic (exact) mass is 497 g/mol. The highest BCUT2D eigenvalue weighted by Crippen LogP contribution is 2.38. The largest absolute Gasteiger partial charge is 0.496 e. The van der Waals surface area contributed by atoms with Crippen LogP contribution in [-0.2, 0) is 0 Å². The number of nitrogens with zero attached hydrogens (tertiary/aromatic N) is 3. The number of piperazine rings is 1. The van der Waals surface area contributed by atoms with E-state index in [9.17, 15) is 4.79 Å². The second-order valence-corrected chi connectivity index (χ2v) is 11.1. The van der Waals surface area contributed by atoms with Crippen molar-refractivity contribution in [1.29, 1.82) is 0 Å². The Bertz CT molecular complexity index is 976. The number of benzene rings is 1. The third kappa shape index (κ3) is 6.16. The van der Waals surface area contributed by atoms with Gasteiger partial charge in [-0.05, 0) is 55.8 Å². The Morgan fingerprint density at radius 2 is 1.91 bits per heavy atom. The van der Waals surface area contributed by atoms with Crippen LogP contribution in [0.25, 0.3) is 11.3 Å². The minimum Gasteiger partial charge on any atom is -0.496 e. The molecule has 2 aliphatic heterocycles. The number of aromatic nitrogens is 1. The van der Waals surface area contributed by atoms with Crippen molar-refractivity contribution in [2.75, 3.05) is 51.7 Å². The zero-order valence-electron chi connectivity index (χ0n) is 20.9. The lowest BCUT2D eigenvalue weighted by Crippen LogP contribution is -2.53. The Hall–Kier alpha value is -2.16. The number of hydrogen-bond acceptors (Lipinski definition) is 6. The second-order valence-electron chi connectivity index (χ2n) is 10.2. The molecule has 2 N–H and O–H groups in total. The molecule has 3 aliphatic rings. The number of piperidine rings is 1. The first-order valence-corrected chi connectivity index (χ1v) is 14.2. The molecular formula is C27H39N5O2S. The minimum absolute atomic E-state index is 0.0516. The molecular weight excluding hydrogens is 458 g/mol. The Labute approximate surface area is 213 Å². The summed E-state index contributed by atoms with van der Waals surface area (Å²) in [5, 5.41) is 9.33. The van der Waals surface area contributed by atoms with E-state index >= 15 is 0 Å². The number of thiazole rings is 1. The summed E-state index contributed by atoms with van der Waals surface area (Å²) in [5.74, 6) is 1.45. The lowest BCUT2D eigenvalue weighted by molar-refractivity contribution is 0.134. The molecule has 3 heterocycles. The molecule has 7 nitrogen and oxygen atoms in total. The summed E-state index contributed by atoms with van der Waals surface area (Å²) in [7, 11) is 1.71. The molecule has 2 aromatic rings. The van der Waals surface area contributed by atoms with Gasteiger partial charge in [-0.1, -0.05) is 31.7 Å². The quantitative estimate of drug-likeness (QED) is 0.577. The van der Waals surface area contributed by atoms with Crippen molar-refractivity contribution in [2.24, 2.45) is 0 Å². The number of carbonyl (C=O) groups excluding carboxylic acids is 1. The van der Waals surface area contributed by atoms with Gasteiger partial charge in [-0.2, -0.15) is 0 Å². The van der Waals surface area contributed by atoms with Crippen LogP contribution in [0, 0.1) is 0 Å². The minimum atomic E-state index is -0.0516. The van der Waals surface area contributed by atoms with Gasteiger partial charge < -0.3 is 15.0 Å². The van der Waals surface area contributed by atoms with Crippen molar-refractivity contribution in [1.82, 2.24) is 20.1 Å². The van der Waals surface area contributed by atoms with Gasteiger partial charge in [-0.15, -0.1) is 11.3 Å². The standard InChI is InChI=1S/C27H39N5O2S/c1-34-25-11-10-21(20-7-3-2-4-8-20)17-23(25)24-19-35-26(29-24)30-27(33)32-15-13-31(14-16-32)18-22-9-5-6-12-28-22/h10-11,17,19-20,22,28H,2-9,12-16,18H2,1H3,(H,29,30,33). The summed E-state index contributed by atoms with van der Waals surface area (Å²) in [6, 6.07) is 7.07. The number of carbonyl (C=O) groups is 1. The summed E-state index contributed by atoms with van der Waals surface area (Å²) >= 11 is 1.48. The summed E-state index contributed by atoms with van der Waals surface area (Å²) in [6.07, 6.45) is 10.4. The number of methoxy groups -OCH3 is 1. The summed E-state index contributed by atoms with van der Waals surface area (Å²) in [5.41, 5.74) is 3.25. The molecule has 35 heavy (non-hydrogen) atoms. The number of hydrogen-bond donors (Lipinski definition) is 2. The smallest absolute Gasteiger partial charge is 0.323 e. The van der Waals surface area contributed by atoms with Gasteiger partial charge in [-0.3, -0.25) is 10.2 Å². The van der Waals surface area contributed by atoms with E-state index in [1.807, 2.05) is 10.3 Å². The maximum Gasteiger partial charge on any atom is 0.323 e. The first kappa shape index (κ1) is 24.5. The molecule has 3 fully saturated rings. The molecule has 1 saturated carbocycles. The molecule has 2 saturated heterocycles. The number of anilines is 1. The fourth-order valence-electron chi connectivity index (χ4n) is 5.77. The first-order chi connectivity index (χ1) is 17.2. The van der Waals surface area contributed by atoms with Crippen molar-refractivity contribution in [3.63, 3.8) is 0 Å². The highest BCUT2D eigenvalue weighted by Gasteiger charge is 2.25. The molecule has 190 valence electrons. The van der Waals surface area contributed by atoms with E-state index in [4.69, 9.17) is 9.72 Å². The lowest BCUT2D eigenvalue weighted by Gasteiger charge is -2.37. The van der Waals surface area contributed by atoms with E-state index in [1.54, 1.807) is 7.11 Å². The molecule has 1 aliphatic carbocycles. The third-order valence-corrected chi connectivity index (χ3v) is 8.60. The van der Waals surface area contributed by atoms with Crippen LogP contribution in [0.4, 0.5) is 9.93 Å². The number of ether oxygens (including phenoxy) is 1. The molecule has 8 heteroatoms.